The predicted octanol–water partition coefficient (Wildman–Crippen LogP) is 3.09. The van der Waals surface area contributed by atoms with Gasteiger partial charge in [0.15, 0.2) is 0 Å². The van der Waals surface area contributed by atoms with E-state index < -0.39 is 0 Å². The molecule has 1 aromatic carbocycles. The number of hydrogen-bond donors (Lipinski definition) is 1. The van der Waals surface area contributed by atoms with Gasteiger partial charge in [0.1, 0.15) is 0 Å². The number of aromatic nitrogens is 2. The van der Waals surface area contributed by atoms with Crippen LogP contribution in [0.15, 0.2) is 36.7 Å². The van der Waals surface area contributed by atoms with Crippen LogP contribution in [-0.2, 0) is 0 Å². The van der Waals surface area contributed by atoms with Gasteiger partial charge in [0.2, 0.25) is 0 Å². The maximum atomic E-state index is 12.6. The van der Waals surface area contributed by atoms with E-state index in [1.165, 1.54) is 6.42 Å². The first-order valence-corrected chi connectivity index (χ1v) is 7.16. The summed E-state index contributed by atoms with van der Waals surface area (Å²) >= 11 is 0. The van der Waals surface area contributed by atoms with Crippen LogP contribution in [0.1, 0.15) is 36.5 Å². The van der Waals surface area contributed by atoms with Gasteiger partial charge < -0.3 is 4.90 Å². The second-order valence-electron chi connectivity index (χ2n) is 5.41. The van der Waals surface area contributed by atoms with Gasteiger partial charge in [-0.2, -0.15) is 5.10 Å². The number of carbonyl (C=O) groups excluding carboxylic acids is 1. The van der Waals surface area contributed by atoms with E-state index in [1.54, 1.807) is 6.20 Å². The standard InChI is InChI=1S/C16H19N3O/c1-12-5-2-3-8-19(12)16(20)14-7-4-6-13(9-14)15-10-17-18-11-15/h4,6-7,9-12H,2-3,5,8H2,1H3,(H,17,18). The maximum Gasteiger partial charge on any atom is 0.254 e. The third kappa shape index (κ3) is 2.46. The lowest BCUT2D eigenvalue weighted by Crippen LogP contribution is -2.42. The third-order valence-electron chi connectivity index (χ3n) is 4.00. The second kappa shape index (κ2) is 5.49. The number of H-pyrrole nitrogens is 1. The average Bonchev–Trinajstić information content (AvgIpc) is 3.01. The van der Waals surface area contributed by atoms with Crippen LogP contribution in [0.3, 0.4) is 0 Å². The van der Waals surface area contributed by atoms with Crippen molar-refractivity contribution < 1.29 is 4.79 Å². The molecule has 1 fully saturated rings. The van der Waals surface area contributed by atoms with Crippen molar-refractivity contribution in [3.05, 3.63) is 42.2 Å². The van der Waals surface area contributed by atoms with Crippen LogP contribution in [0.4, 0.5) is 0 Å². The zero-order valence-corrected chi connectivity index (χ0v) is 11.7. The molecule has 1 atom stereocenters. The van der Waals surface area contributed by atoms with Crippen LogP contribution < -0.4 is 0 Å². The van der Waals surface area contributed by atoms with E-state index in [1.807, 2.05) is 35.4 Å². The Kier molecular flexibility index (Phi) is 3.54. The van der Waals surface area contributed by atoms with Crippen molar-refractivity contribution in [2.24, 2.45) is 0 Å². The first kappa shape index (κ1) is 12.9. The van der Waals surface area contributed by atoms with E-state index in [0.29, 0.717) is 6.04 Å². The molecule has 20 heavy (non-hydrogen) atoms. The summed E-state index contributed by atoms with van der Waals surface area (Å²) in [5, 5.41) is 6.76. The topological polar surface area (TPSA) is 49.0 Å². The van der Waals surface area contributed by atoms with Crippen molar-refractivity contribution in [3.63, 3.8) is 0 Å². The summed E-state index contributed by atoms with van der Waals surface area (Å²) in [4.78, 5) is 14.6. The fourth-order valence-corrected chi connectivity index (χ4v) is 2.81. The second-order valence-corrected chi connectivity index (χ2v) is 5.41. The summed E-state index contributed by atoms with van der Waals surface area (Å²) in [5.41, 5.74) is 2.79. The minimum absolute atomic E-state index is 0.141. The number of carbonyl (C=O) groups is 1. The summed E-state index contributed by atoms with van der Waals surface area (Å²) in [7, 11) is 0. The number of rotatable bonds is 2. The largest absolute Gasteiger partial charge is 0.336 e. The Morgan fingerprint density at radius 2 is 2.25 bits per heavy atom. The molecule has 0 saturated carbocycles. The fourth-order valence-electron chi connectivity index (χ4n) is 2.81. The molecule has 2 aromatic rings. The Morgan fingerprint density at radius 1 is 1.35 bits per heavy atom. The SMILES string of the molecule is CC1CCCCN1C(=O)c1cccc(-c2cn[nH]c2)c1. The summed E-state index contributed by atoms with van der Waals surface area (Å²) in [5.74, 6) is 0.141. The molecule has 4 nitrogen and oxygen atoms in total. The molecule has 0 aliphatic carbocycles. The predicted molar refractivity (Wildman–Crippen MR) is 78.4 cm³/mol. The minimum atomic E-state index is 0.141. The molecule has 1 saturated heterocycles. The van der Waals surface area contributed by atoms with Gasteiger partial charge in [-0.15, -0.1) is 0 Å². The van der Waals surface area contributed by atoms with E-state index in [4.69, 9.17) is 0 Å². The third-order valence-corrected chi connectivity index (χ3v) is 4.00. The zero-order chi connectivity index (χ0) is 13.9. The summed E-state index contributed by atoms with van der Waals surface area (Å²) in [6.45, 7) is 3.01. The van der Waals surface area contributed by atoms with Crippen LogP contribution >= 0.6 is 0 Å². The molecular weight excluding hydrogens is 250 g/mol. The van der Waals surface area contributed by atoms with E-state index >= 15 is 0 Å². The lowest BCUT2D eigenvalue weighted by molar-refractivity contribution is 0.0635. The van der Waals surface area contributed by atoms with Crippen LogP contribution in [0.25, 0.3) is 11.1 Å². The number of amides is 1. The van der Waals surface area contributed by atoms with E-state index in [-0.39, 0.29) is 5.91 Å². The molecule has 1 unspecified atom stereocenters. The Labute approximate surface area is 118 Å². The molecule has 1 amide bonds. The van der Waals surface area contributed by atoms with Crippen molar-refractivity contribution in [2.75, 3.05) is 6.54 Å². The number of aromatic amines is 1. The summed E-state index contributed by atoms with van der Waals surface area (Å²) < 4.78 is 0. The van der Waals surface area contributed by atoms with Gasteiger partial charge in [-0.25, -0.2) is 0 Å². The molecule has 3 rings (SSSR count). The summed E-state index contributed by atoms with van der Waals surface area (Å²) in [6, 6.07) is 8.13. The highest BCUT2D eigenvalue weighted by molar-refractivity contribution is 5.95. The Balaban J connectivity index is 1.86. The molecular formula is C16H19N3O. The van der Waals surface area contributed by atoms with Crippen molar-refractivity contribution >= 4 is 5.91 Å². The molecule has 0 spiro atoms. The van der Waals surface area contributed by atoms with Gasteiger partial charge in [-0.3, -0.25) is 9.89 Å². The van der Waals surface area contributed by atoms with Crippen LogP contribution in [-0.4, -0.2) is 33.6 Å². The molecule has 1 aliphatic rings. The van der Waals surface area contributed by atoms with Gasteiger partial charge in [0, 0.05) is 29.9 Å². The Bertz CT molecular complexity index is 592. The van der Waals surface area contributed by atoms with E-state index in [0.717, 1.165) is 36.1 Å². The molecule has 1 aliphatic heterocycles. The van der Waals surface area contributed by atoms with Crippen molar-refractivity contribution in [2.45, 2.75) is 32.2 Å². The molecule has 1 N–H and O–H groups in total. The Hall–Kier alpha value is -2.10. The lowest BCUT2D eigenvalue weighted by atomic mass is 10.0. The lowest BCUT2D eigenvalue weighted by Gasteiger charge is -2.33. The molecule has 0 radical (unpaired) electrons. The number of benzene rings is 1. The highest BCUT2D eigenvalue weighted by Crippen LogP contribution is 2.22. The average molecular weight is 269 g/mol. The zero-order valence-electron chi connectivity index (χ0n) is 11.7. The first-order valence-electron chi connectivity index (χ1n) is 7.16. The monoisotopic (exact) mass is 269 g/mol. The number of nitrogens with zero attached hydrogens (tertiary/aromatic N) is 2. The van der Waals surface area contributed by atoms with Crippen molar-refractivity contribution in [1.29, 1.82) is 0 Å². The number of piperidine rings is 1. The smallest absolute Gasteiger partial charge is 0.254 e. The summed E-state index contributed by atoms with van der Waals surface area (Å²) in [6.07, 6.45) is 7.05. The Morgan fingerprint density at radius 3 is 3.00 bits per heavy atom. The van der Waals surface area contributed by atoms with Gasteiger partial charge >= 0.3 is 0 Å². The van der Waals surface area contributed by atoms with E-state index in [9.17, 15) is 4.79 Å². The maximum absolute atomic E-state index is 12.6. The van der Waals surface area contributed by atoms with E-state index in [2.05, 4.69) is 17.1 Å². The molecule has 4 heteroatoms. The van der Waals surface area contributed by atoms with Crippen molar-refractivity contribution in [3.8, 4) is 11.1 Å². The number of hydrogen-bond acceptors (Lipinski definition) is 2. The number of nitrogens with one attached hydrogen (secondary N) is 1. The minimum Gasteiger partial charge on any atom is -0.336 e. The molecule has 104 valence electrons. The van der Waals surface area contributed by atoms with Crippen LogP contribution in [0, 0.1) is 0 Å². The normalized spacial score (nSPS) is 19.1. The first-order chi connectivity index (χ1) is 9.75. The van der Waals surface area contributed by atoms with Crippen LogP contribution in [0.5, 0.6) is 0 Å². The molecule has 1 aromatic heterocycles. The highest BCUT2D eigenvalue weighted by Gasteiger charge is 2.24. The molecule has 0 bridgehead atoms. The van der Waals surface area contributed by atoms with Crippen LogP contribution in [0.2, 0.25) is 0 Å². The number of likely N-dealkylation sites (tertiary alicyclic amines) is 1. The quantitative estimate of drug-likeness (QED) is 0.910. The van der Waals surface area contributed by atoms with Gasteiger partial charge in [0.25, 0.3) is 5.91 Å². The highest BCUT2D eigenvalue weighted by atomic mass is 16.2. The van der Waals surface area contributed by atoms with Gasteiger partial charge in [-0.1, -0.05) is 12.1 Å². The van der Waals surface area contributed by atoms with Gasteiger partial charge in [-0.05, 0) is 43.9 Å². The fraction of sp³-hybridized carbons (Fsp3) is 0.375. The molecule has 2 heterocycles. The van der Waals surface area contributed by atoms with Crippen molar-refractivity contribution in [1.82, 2.24) is 15.1 Å². The van der Waals surface area contributed by atoms with Gasteiger partial charge in [0.05, 0.1) is 6.20 Å².